The quantitative estimate of drug-likeness (QED) is 0.138. The largest absolute Gasteiger partial charge is 1.00 e. The number of carbonyl (C=O) groups is 3. The van der Waals surface area contributed by atoms with E-state index in [1.165, 1.54) is 23.2 Å². The first-order valence-electron chi connectivity index (χ1n) is 7.15. The molecule has 1 aromatic rings. The van der Waals surface area contributed by atoms with Crippen LogP contribution >= 0.6 is 23.1 Å². The molecule has 1 saturated heterocycles. The molecule has 1 aromatic heterocycles. The Balaban J connectivity index is 0.00000261. The fourth-order valence-electron chi connectivity index (χ4n) is 2.61. The van der Waals surface area contributed by atoms with Gasteiger partial charge in [-0.15, -0.1) is 23.1 Å². The first-order valence-corrected chi connectivity index (χ1v) is 9.07. The maximum Gasteiger partial charge on any atom is 1.00 e. The molecule has 0 aromatic carbocycles. The van der Waals surface area contributed by atoms with Crippen molar-refractivity contribution in [3.8, 4) is 0 Å². The Kier molecular flexibility index (Phi) is 7.24. The molecule has 2 aliphatic rings. The molecule has 1 fully saturated rings. The van der Waals surface area contributed by atoms with Crippen molar-refractivity contribution in [1.29, 1.82) is 0 Å². The van der Waals surface area contributed by atoms with Crippen LogP contribution in [0.2, 0.25) is 0 Å². The average molecular weight is 434 g/mol. The number of amides is 2. The number of carbonyl (C=O) groups excluding carboxylic acids is 3. The number of hydrogen-bond acceptors (Lipinski definition) is 10. The molecule has 13 heteroatoms. The number of nitrogen functional groups attached to an aromatic ring is 1. The predicted octanol–water partition coefficient (Wildman–Crippen LogP) is -4.50. The van der Waals surface area contributed by atoms with Crippen molar-refractivity contribution in [2.24, 2.45) is 5.16 Å². The molecular weight excluding hydrogens is 421 g/mol. The SMILES string of the molecule is C=CC1=C(C(=O)[O-])N2C(=O)C(NC(=O)/C(=N\O)c3csc(N)n3)C2SC1.[K+]. The van der Waals surface area contributed by atoms with E-state index in [4.69, 9.17) is 10.9 Å². The number of anilines is 1. The van der Waals surface area contributed by atoms with Gasteiger partial charge in [-0.2, -0.15) is 0 Å². The maximum absolute atomic E-state index is 12.4. The van der Waals surface area contributed by atoms with Gasteiger partial charge in [0.15, 0.2) is 10.8 Å². The van der Waals surface area contributed by atoms with Crippen LogP contribution in [0.4, 0.5) is 5.13 Å². The van der Waals surface area contributed by atoms with E-state index < -0.39 is 34.9 Å². The van der Waals surface area contributed by atoms with Crippen LogP contribution in [0.3, 0.4) is 0 Å². The van der Waals surface area contributed by atoms with Gasteiger partial charge in [0, 0.05) is 11.1 Å². The molecule has 3 heterocycles. The molecule has 10 nitrogen and oxygen atoms in total. The Morgan fingerprint density at radius 1 is 1.56 bits per heavy atom. The molecule has 0 aliphatic carbocycles. The van der Waals surface area contributed by atoms with E-state index in [1.807, 2.05) is 0 Å². The molecule has 2 unspecified atom stereocenters. The summed E-state index contributed by atoms with van der Waals surface area (Å²) < 4.78 is 0. The summed E-state index contributed by atoms with van der Waals surface area (Å²) in [6.45, 7) is 3.53. The number of hydrogen-bond donors (Lipinski definition) is 3. The summed E-state index contributed by atoms with van der Waals surface area (Å²) in [6.07, 6.45) is 1.36. The third-order valence-corrected chi connectivity index (χ3v) is 5.78. The van der Waals surface area contributed by atoms with Gasteiger partial charge in [-0.3, -0.25) is 14.5 Å². The molecule has 0 saturated carbocycles. The van der Waals surface area contributed by atoms with E-state index in [-0.39, 0.29) is 67.9 Å². The molecule has 0 bridgehead atoms. The van der Waals surface area contributed by atoms with E-state index in [0.29, 0.717) is 11.3 Å². The molecule has 2 atom stereocenters. The third kappa shape index (κ3) is 3.99. The Hall–Kier alpha value is -1.22. The number of nitrogens with zero attached hydrogens (tertiary/aromatic N) is 3. The zero-order chi connectivity index (χ0) is 19.0. The van der Waals surface area contributed by atoms with Crippen molar-refractivity contribution in [2.75, 3.05) is 11.5 Å². The number of fused-ring (bicyclic) bond motifs is 1. The zero-order valence-electron chi connectivity index (χ0n) is 14.0. The van der Waals surface area contributed by atoms with Crippen LogP contribution < -0.4 is 67.5 Å². The Bertz CT molecular complexity index is 883. The molecule has 0 spiro atoms. The van der Waals surface area contributed by atoms with E-state index in [0.717, 1.165) is 16.2 Å². The molecular formula is C14H12KN5O5S2. The Morgan fingerprint density at radius 3 is 2.78 bits per heavy atom. The number of aliphatic carboxylic acids is 1. The van der Waals surface area contributed by atoms with Crippen LogP contribution in [0.25, 0.3) is 0 Å². The summed E-state index contributed by atoms with van der Waals surface area (Å²) >= 11 is 2.33. The van der Waals surface area contributed by atoms with Crippen LogP contribution in [-0.2, 0) is 14.4 Å². The second-order valence-electron chi connectivity index (χ2n) is 5.25. The van der Waals surface area contributed by atoms with E-state index >= 15 is 0 Å². The summed E-state index contributed by atoms with van der Waals surface area (Å²) in [6, 6.07) is -0.971. The molecule has 3 rings (SSSR count). The minimum atomic E-state index is -1.49. The monoisotopic (exact) mass is 433 g/mol. The standard InChI is InChI=1S/C14H13N5O5S2.K/c1-2-5-3-25-12-8(11(21)19(12)9(5)13(22)23)17-10(20)7(18-24)6-4-26-14(15)16-6;/h2,4,8,12,24H,1,3H2,(H2,15,16)(H,17,20)(H,22,23);/q;+1/p-1/b18-7-;. The smallest absolute Gasteiger partial charge is 0.543 e. The van der Waals surface area contributed by atoms with E-state index in [2.05, 4.69) is 22.0 Å². The topological polar surface area (TPSA) is 161 Å². The van der Waals surface area contributed by atoms with Crippen molar-refractivity contribution < 1.29 is 76.1 Å². The number of nitrogens with one attached hydrogen (secondary N) is 1. The van der Waals surface area contributed by atoms with Crippen LogP contribution in [-0.4, -0.2) is 55.8 Å². The summed E-state index contributed by atoms with van der Waals surface area (Å²) in [7, 11) is 0. The normalized spacial score (nSPS) is 21.7. The van der Waals surface area contributed by atoms with Crippen molar-refractivity contribution >= 4 is 51.7 Å². The molecule has 2 aliphatic heterocycles. The van der Waals surface area contributed by atoms with Gasteiger partial charge in [-0.05, 0) is 5.57 Å². The number of carboxylic acids is 1. The van der Waals surface area contributed by atoms with Crippen molar-refractivity contribution in [1.82, 2.24) is 15.2 Å². The molecule has 0 radical (unpaired) electrons. The summed E-state index contributed by atoms with van der Waals surface area (Å²) in [4.78, 5) is 40.9. The summed E-state index contributed by atoms with van der Waals surface area (Å²) in [5.74, 6) is -2.62. The molecule has 4 N–H and O–H groups in total. The van der Waals surface area contributed by atoms with Crippen LogP contribution in [0.15, 0.2) is 34.5 Å². The van der Waals surface area contributed by atoms with Gasteiger partial charge in [0.1, 0.15) is 17.1 Å². The molecule has 2 amide bonds. The summed E-state index contributed by atoms with van der Waals surface area (Å²) in [5.41, 5.74) is 5.29. The number of nitrogens with two attached hydrogens (primary N) is 1. The minimum Gasteiger partial charge on any atom is -0.543 e. The number of β-lactam (4-membered cyclic amide) rings is 1. The Labute approximate surface area is 204 Å². The fourth-order valence-corrected chi connectivity index (χ4v) is 4.50. The number of thioether (sulfide) groups is 1. The first kappa shape index (κ1) is 22.1. The van der Waals surface area contributed by atoms with Crippen molar-refractivity contribution in [3.63, 3.8) is 0 Å². The molecule has 27 heavy (non-hydrogen) atoms. The van der Waals surface area contributed by atoms with Crippen molar-refractivity contribution in [2.45, 2.75) is 11.4 Å². The zero-order valence-corrected chi connectivity index (χ0v) is 18.8. The number of carboxylic acid groups (broad SMARTS) is 1. The number of thiazole rings is 1. The third-order valence-electron chi connectivity index (χ3n) is 3.80. The second kappa shape index (κ2) is 8.85. The van der Waals surface area contributed by atoms with Crippen LogP contribution in [0.1, 0.15) is 5.69 Å². The minimum absolute atomic E-state index is 0. The Morgan fingerprint density at radius 2 is 2.26 bits per heavy atom. The van der Waals surface area contributed by atoms with Crippen LogP contribution in [0.5, 0.6) is 0 Å². The van der Waals surface area contributed by atoms with Gasteiger partial charge in [0.05, 0.1) is 11.7 Å². The number of oxime groups is 1. The van der Waals surface area contributed by atoms with Gasteiger partial charge >= 0.3 is 51.4 Å². The van der Waals surface area contributed by atoms with E-state index in [1.54, 1.807) is 0 Å². The van der Waals surface area contributed by atoms with Gasteiger partial charge < -0.3 is 26.2 Å². The van der Waals surface area contributed by atoms with Gasteiger partial charge in [-0.25, -0.2) is 4.98 Å². The van der Waals surface area contributed by atoms with Crippen molar-refractivity contribution in [3.05, 3.63) is 35.0 Å². The molecule has 136 valence electrons. The number of aromatic nitrogens is 1. The van der Waals surface area contributed by atoms with Gasteiger partial charge in [0.25, 0.3) is 11.8 Å². The fraction of sp³-hybridized carbons (Fsp3) is 0.214. The summed E-state index contributed by atoms with van der Waals surface area (Å²) in [5, 5.41) is 26.8. The maximum atomic E-state index is 12.4. The number of rotatable bonds is 5. The van der Waals surface area contributed by atoms with Crippen LogP contribution in [0, 0.1) is 0 Å². The first-order chi connectivity index (χ1) is 12.4. The van der Waals surface area contributed by atoms with Gasteiger partial charge in [-0.1, -0.05) is 17.8 Å². The number of allylic oxidation sites excluding steroid dienone is 1. The second-order valence-corrected chi connectivity index (χ2v) is 7.24. The average Bonchev–Trinajstić information content (AvgIpc) is 3.04. The predicted molar refractivity (Wildman–Crippen MR) is 92.1 cm³/mol. The van der Waals surface area contributed by atoms with Gasteiger partial charge in [0.2, 0.25) is 0 Å². The van der Waals surface area contributed by atoms with E-state index in [9.17, 15) is 19.5 Å².